The SMILES string of the molecule is OC1(c2ccccc2N(Cc2ccccc2)Cc2ccccc2)CC1. The van der Waals surface area contributed by atoms with Crippen LogP contribution in [-0.4, -0.2) is 5.11 Å². The first-order chi connectivity index (χ1) is 12.2. The molecule has 3 aromatic carbocycles. The van der Waals surface area contributed by atoms with Crippen LogP contribution in [-0.2, 0) is 18.7 Å². The molecule has 0 bridgehead atoms. The van der Waals surface area contributed by atoms with Crippen molar-refractivity contribution in [1.82, 2.24) is 0 Å². The van der Waals surface area contributed by atoms with Gasteiger partial charge in [-0.05, 0) is 30.0 Å². The minimum atomic E-state index is -0.637. The van der Waals surface area contributed by atoms with E-state index in [-0.39, 0.29) is 0 Å². The molecule has 126 valence electrons. The summed E-state index contributed by atoms with van der Waals surface area (Å²) in [5, 5.41) is 10.7. The Morgan fingerprint density at radius 3 is 1.68 bits per heavy atom. The highest BCUT2D eigenvalue weighted by Crippen LogP contribution is 2.49. The van der Waals surface area contributed by atoms with Crippen molar-refractivity contribution < 1.29 is 5.11 Å². The van der Waals surface area contributed by atoms with Gasteiger partial charge < -0.3 is 10.0 Å². The lowest BCUT2D eigenvalue weighted by Crippen LogP contribution is -2.25. The lowest BCUT2D eigenvalue weighted by Gasteiger charge is -2.29. The number of hydrogen-bond donors (Lipinski definition) is 1. The summed E-state index contributed by atoms with van der Waals surface area (Å²) < 4.78 is 0. The van der Waals surface area contributed by atoms with Gasteiger partial charge in [0.2, 0.25) is 0 Å². The maximum absolute atomic E-state index is 10.7. The van der Waals surface area contributed by atoms with E-state index < -0.39 is 5.60 Å². The molecule has 4 rings (SSSR count). The van der Waals surface area contributed by atoms with Gasteiger partial charge in [-0.2, -0.15) is 0 Å². The summed E-state index contributed by atoms with van der Waals surface area (Å²) in [5.41, 5.74) is 4.10. The standard InChI is InChI=1S/C23H23NO/c25-23(15-16-23)21-13-7-8-14-22(21)24(17-19-9-3-1-4-10-19)18-20-11-5-2-6-12-20/h1-14,25H,15-18H2. The first kappa shape index (κ1) is 15.9. The maximum atomic E-state index is 10.7. The van der Waals surface area contributed by atoms with Gasteiger partial charge in [-0.3, -0.25) is 0 Å². The van der Waals surface area contributed by atoms with Crippen molar-refractivity contribution in [2.45, 2.75) is 31.5 Å². The highest BCUT2D eigenvalue weighted by Gasteiger charge is 2.44. The van der Waals surface area contributed by atoms with Crippen LogP contribution in [0.2, 0.25) is 0 Å². The number of para-hydroxylation sites is 1. The van der Waals surface area contributed by atoms with Crippen molar-refractivity contribution in [1.29, 1.82) is 0 Å². The van der Waals surface area contributed by atoms with Crippen LogP contribution >= 0.6 is 0 Å². The van der Waals surface area contributed by atoms with Gasteiger partial charge in [0.15, 0.2) is 0 Å². The summed E-state index contributed by atoms with van der Waals surface area (Å²) in [4.78, 5) is 2.37. The Kier molecular flexibility index (Phi) is 4.29. The first-order valence-electron chi connectivity index (χ1n) is 8.89. The van der Waals surface area contributed by atoms with Crippen LogP contribution in [0.25, 0.3) is 0 Å². The Bertz CT molecular complexity index is 783. The molecule has 0 aliphatic heterocycles. The molecule has 0 atom stereocenters. The lowest BCUT2D eigenvalue weighted by molar-refractivity contribution is 0.152. The topological polar surface area (TPSA) is 23.5 Å². The molecule has 2 heteroatoms. The number of benzene rings is 3. The molecule has 0 spiro atoms. The molecule has 3 aromatic rings. The Balaban J connectivity index is 1.70. The van der Waals surface area contributed by atoms with Gasteiger partial charge >= 0.3 is 0 Å². The molecule has 1 fully saturated rings. The zero-order valence-corrected chi connectivity index (χ0v) is 14.3. The van der Waals surface area contributed by atoms with E-state index in [1.165, 1.54) is 11.1 Å². The largest absolute Gasteiger partial charge is 0.385 e. The van der Waals surface area contributed by atoms with Crippen LogP contribution in [0.15, 0.2) is 84.9 Å². The molecule has 1 aliphatic carbocycles. The molecule has 0 radical (unpaired) electrons. The molecule has 2 nitrogen and oxygen atoms in total. The number of anilines is 1. The summed E-state index contributed by atoms with van der Waals surface area (Å²) in [7, 11) is 0. The Labute approximate surface area is 149 Å². The predicted octanol–water partition coefficient (Wildman–Crippen LogP) is 4.87. The normalized spacial score (nSPS) is 14.9. The first-order valence-corrected chi connectivity index (χ1v) is 8.89. The van der Waals surface area contributed by atoms with E-state index in [1.807, 2.05) is 18.2 Å². The van der Waals surface area contributed by atoms with Crippen LogP contribution < -0.4 is 4.90 Å². The fourth-order valence-corrected chi connectivity index (χ4v) is 3.36. The summed E-state index contributed by atoms with van der Waals surface area (Å²) in [6.07, 6.45) is 1.71. The highest BCUT2D eigenvalue weighted by molar-refractivity contribution is 5.58. The molecule has 25 heavy (non-hydrogen) atoms. The molecule has 0 amide bonds. The number of aliphatic hydroxyl groups is 1. The van der Waals surface area contributed by atoms with E-state index in [1.54, 1.807) is 0 Å². The molecule has 0 unspecified atom stereocenters. The van der Waals surface area contributed by atoms with Gasteiger partial charge in [-0.15, -0.1) is 0 Å². The number of rotatable bonds is 6. The lowest BCUT2D eigenvalue weighted by atomic mass is 10.0. The summed E-state index contributed by atoms with van der Waals surface area (Å²) in [6, 6.07) is 29.4. The van der Waals surface area contributed by atoms with Crippen molar-refractivity contribution in [3.63, 3.8) is 0 Å². The average Bonchev–Trinajstić information content (AvgIpc) is 3.42. The fourth-order valence-electron chi connectivity index (χ4n) is 3.36. The molecular weight excluding hydrogens is 306 g/mol. The van der Waals surface area contributed by atoms with E-state index >= 15 is 0 Å². The molecular formula is C23H23NO. The summed E-state index contributed by atoms with van der Waals surface area (Å²) >= 11 is 0. The maximum Gasteiger partial charge on any atom is 0.0918 e. The average molecular weight is 329 g/mol. The second kappa shape index (κ2) is 6.73. The Morgan fingerprint density at radius 2 is 1.16 bits per heavy atom. The van der Waals surface area contributed by atoms with Crippen molar-refractivity contribution in [3.05, 3.63) is 102 Å². The Hall–Kier alpha value is -2.58. The van der Waals surface area contributed by atoms with Crippen molar-refractivity contribution in [2.24, 2.45) is 0 Å². The van der Waals surface area contributed by atoms with Crippen molar-refractivity contribution >= 4 is 5.69 Å². The van der Waals surface area contributed by atoms with Crippen LogP contribution in [0.3, 0.4) is 0 Å². The second-order valence-electron chi connectivity index (χ2n) is 6.88. The minimum absolute atomic E-state index is 0.637. The van der Waals surface area contributed by atoms with E-state index in [9.17, 15) is 5.11 Å². The van der Waals surface area contributed by atoms with E-state index in [2.05, 4.69) is 71.6 Å². The summed E-state index contributed by atoms with van der Waals surface area (Å²) in [5.74, 6) is 0. The van der Waals surface area contributed by atoms with Crippen LogP contribution in [0.4, 0.5) is 5.69 Å². The highest BCUT2D eigenvalue weighted by atomic mass is 16.3. The predicted molar refractivity (Wildman–Crippen MR) is 102 cm³/mol. The molecule has 1 N–H and O–H groups in total. The summed E-state index contributed by atoms with van der Waals surface area (Å²) in [6.45, 7) is 1.64. The third kappa shape index (κ3) is 3.59. The Morgan fingerprint density at radius 1 is 0.680 bits per heavy atom. The van der Waals surface area contributed by atoms with E-state index in [0.717, 1.165) is 37.2 Å². The molecule has 0 aromatic heterocycles. The molecule has 0 saturated heterocycles. The van der Waals surface area contributed by atoms with Gasteiger partial charge in [0, 0.05) is 24.3 Å². The second-order valence-corrected chi connectivity index (χ2v) is 6.88. The van der Waals surface area contributed by atoms with Crippen molar-refractivity contribution in [3.8, 4) is 0 Å². The van der Waals surface area contributed by atoms with Crippen LogP contribution in [0, 0.1) is 0 Å². The monoisotopic (exact) mass is 329 g/mol. The van der Waals surface area contributed by atoms with Gasteiger partial charge in [-0.25, -0.2) is 0 Å². The molecule has 1 saturated carbocycles. The van der Waals surface area contributed by atoms with E-state index in [0.29, 0.717) is 0 Å². The van der Waals surface area contributed by atoms with E-state index in [4.69, 9.17) is 0 Å². The smallest absolute Gasteiger partial charge is 0.0918 e. The van der Waals surface area contributed by atoms with Crippen LogP contribution in [0.5, 0.6) is 0 Å². The quantitative estimate of drug-likeness (QED) is 0.697. The van der Waals surface area contributed by atoms with Gasteiger partial charge in [-0.1, -0.05) is 78.9 Å². The zero-order chi connectivity index (χ0) is 17.1. The van der Waals surface area contributed by atoms with Gasteiger partial charge in [0.1, 0.15) is 0 Å². The molecule has 0 heterocycles. The number of nitrogens with zero attached hydrogens (tertiary/aromatic N) is 1. The van der Waals surface area contributed by atoms with Crippen LogP contribution in [0.1, 0.15) is 29.5 Å². The fraction of sp³-hybridized carbons (Fsp3) is 0.217. The third-order valence-electron chi connectivity index (χ3n) is 4.90. The number of hydrogen-bond acceptors (Lipinski definition) is 2. The van der Waals surface area contributed by atoms with Crippen molar-refractivity contribution in [2.75, 3.05) is 4.90 Å². The van der Waals surface area contributed by atoms with Gasteiger partial charge in [0.25, 0.3) is 0 Å². The van der Waals surface area contributed by atoms with Gasteiger partial charge in [0.05, 0.1) is 5.60 Å². The zero-order valence-electron chi connectivity index (χ0n) is 14.3. The third-order valence-corrected chi connectivity index (χ3v) is 4.90. The minimum Gasteiger partial charge on any atom is -0.385 e. The molecule has 1 aliphatic rings.